The Bertz CT molecular complexity index is 464. The lowest BCUT2D eigenvalue weighted by molar-refractivity contribution is 0.0672. The van der Waals surface area contributed by atoms with Gasteiger partial charge in [-0.25, -0.2) is 0 Å². The molecular weight excluding hydrogens is 252 g/mol. The molecule has 1 amide bonds. The quantitative estimate of drug-likeness (QED) is 0.817. The summed E-state index contributed by atoms with van der Waals surface area (Å²) in [4.78, 5) is 14.0. The Kier molecular flexibility index (Phi) is 3.78. The van der Waals surface area contributed by atoms with Gasteiger partial charge in [0, 0.05) is 24.7 Å². The van der Waals surface area contributed by atoms with Gasteiger partial charge in [-0.1, -0.05) is 18.5 Å². The van der Waals surface area contributed by atoms with Gasteiger partial charge in [-0.3, -0.25) is 4.79 Å². The average molecular weight is 269 g/mol. The molecule has 3 N–H and O–H groups in total. The van der Waals surface area contributed by atoms with E-state index in [1.807, 2.05) is 0 Å². The minimum Gasteiger partial charge on any atom is -0.506 e. The number of hydrogen-bond acceptors (Lipinski definition) is 3. The van der Waals surface area contributed by atoms with E-state index in [0.717, 1.165) is 6.42 Å². The molecule has 5 heteroatoms. The molecule has 18 heavy (non-hydrogen) atoms. The SMILES string of the molecule is CC1CCN(C(=O)c2ccc(O)c(Cl)c2)CC1N. The maximum Gasteiger partial charge on any atom is 0.253 e. The lowest BCUT2D eigenvalue weighted by Gasteiger charge is -2.35. The second-order valence-corrected chi connectivity index (χ2v) is 5.25. The third-order valence-electron chi connectivity index (χ3n) is 3.50. The van der Waals surface area contributed by atoms with Gasteiger partial charge >= 0.3 is 0 Å². The van der Waals surface area contributed by atoms with E-state index in [1.165, 1.54) is 12.1 Å². The van der Waals surface area contributed by atoms with E-state index in [0.29, 0.717) is 24.6 Å². The molecule has 0 aliphatic carbocycles. The maximum atomic E-state index is 12.2. The van der Waals surface area contributed by atoms with Crippen LogP contribution in [0.3, 0.4) is 0 Å². The molecule has 1 fully saturated rings. The van der Waals surface area contributed by atoms with Crippen molar-refractivity contribution in [3.63, 3.8) is 0 Å². The van der Waals surface area contributed by atoms with E-state index in [1.54, 1.807) is 11.0 Å². The number of piperidine rings is 1. The van der Waals surface area contributed by atoms with Gasteiger partial charge in [0.25, 0.3) is 5.91 Å². The Balaban J connectivity index is 2.14. The fourth-order valence-corrected chi connectivity index (χ4v) is 2.29. The monoisotopic (exact) mass is 268 g/mol. The first-order chi connectivity index (χ1) is 8.49. The molecule has 2 rings (SSSR count). The highest BCUT2D eigenvalue weighted by Gasteiger charge is 2.27. The number of carbonyl (C=O) groups excluding carboxylic acids is 1. The Hall–Kier alpha value is -1.26. The molecule has 0 saturated carbocycles. The van der Waals surface area contributed by atoms with Crippen molar-refractivity contribution in [2.45, 2.75) is 19.4 Å². The largest absolute Gasteiger partial charge is 0.506 e. The van der Waals surface area contributed by atoms with Crippen LogP contribution in [0.2, 0.25) is 5.02 Å². The topological polar surface area (TPSA) is 66.6 Å². The first-order valence-electron chi connectivity index (χ1n) is 6.02. The number of hydrogen-bond donors (Lipinski definition) is 2. The number of likely N-dealkylation sites (tertiary alicyclic amines) is 1. The van der Waals surface area contributed by atoms with Crippen LogP contribution in [0.4, 0.5) is 0 Å². The van der Waals surface area contributed by atoms with Gasteiger partial charge < -0.3 is 15.7 Å². The van der Waals surface area contributed by atoms with Gasteiger partial charge in [-0.05, 0) is 30.5 Å². The van der Waals surface area contributed by atoms with Crippen LogP contribution in [0.1, 0.15) is 23.7 Å². The van der Waals surface area contributed by atoms with Crippen molar-refractivity contribution in [3.8, 4) is 5.75 Å². The molecule has 0 spiro atoms. The van der Waals surface area contributed by atoms with E-state index in [9.17, 15) is 9.90 Å². The van der Waals surface area contributed by atoms with Gasteiger partial charge in [0.1, 0.15) is 5.75 Å². The number of benzene rings is 1. The number of nitrogens with two attached hydrogens (primary N) is 1. The third kappa shape index (κ3) is 2.60. The maximum absolute atomic E-state index is 12.2. The lowest BCUT2D eigenvalue weighted by atomic mass is 9.94. The Morgan fingerprint density at radius 3 is 2.89 bits per heavy atom. The number of carbonyl (C=O) groups is 1. The highest BCUT2D eigenvalue weighted by atomic mass is 35.5. The smallest absolute Gasteiger partial charge is 0.253 e. The summed E-state index contributed by atoms with van der Waals surface area (Å²) in [7, 11) is 0. The zero-order chi connectivity index (χ0) is 13.3. The highest BCUT2D eigenvalue weighted by molar-refractivity contribution is 6.32. The number of halogens is 1. The zero-order valence-corrected chi connectivity index (χ0v) is 11.0. The molecule has 1 aromatic rings. The lowest BCUT2D eigenvalue weighted by Crippen LogP contribution is -2.49. The summed E-state index contributed by atoms with van der Waals surface area (Å²) in [6.45, 7) is 3.38. The first-order valence-corrected chi connectivity index (χ1v) is 6.40. The predicted molar refractivity (Wildman–Crippen MR) is 70.8 cm³/mol. The van der Waals surface area contributed by atoms with Crippen molar-refractivity contribution in [2.24, 2.45) is 11.7 Å². The number of rotatable bonds is 1. The van der Waals surface area contributed by atoms with Gasteiger partial charge in [-0.15, -0.1) is 0 Å². The van der Waals surface area contributed by atoms with E-state index in [2.05, 4.69) is 6.92 Å². The van der Waals surface area contributed by atoms with Crippen LogP contribution in [0.5, 0.6) is 5.75 Å². The summed E-state index contributed by atoms with van der Waals surface area (Å²) in [5.41, 5.74) is 6.46. The van der Waals surface area contributed by atoms with Crippen molar-refractivity contribution in [1.82, 2.24) is 4.90 Å². The molecule has 98 valence electrons. The van der Waals surface area contributed by atoms with Gasteiger partial charge in [-0.2, -0.15) is 0 Å². The number of amides is 1. The average Bonchev–Trinajstić information content (AvgIpc) is 2.35. The Morgan fingerprint density at radius 2 is 2.28 bits per heavy atom. The zero-order valence-electron chi connectivity index (χ0n) is 10.3. The van der Waals surface area contributed by atoms with Gasteiger partial charge in [0.05, 0.1) is 5.02 Å². The minimum atomic E-state index is -0.0840. The van der Waals surface area contributed by atoms with Crippen LogP contribution in [-0.4, -0.2) is 35.0 Å². The molecule has 1 saturated heterocycles. The number of aromatic hydroxyl groups is 1. The molecular formula is C13H17ClN2O2. The van der Waals surface area contributed by atoms with Crippen LogP contribution in [0.15, 0.2) is 18.2 Å². The second kappa shape index (κ2) is 5.16. The van der Waals surface area contributed by atoms with Crippen LogP contribution in [0.25, 0.3) is 0 Å². The Labute approximate surface area is 111 Å². The predicted octanol–water partition coefficient (Wildman–Crippen LogP) is 1.85. The van der Waals surface area contributed by atoms with Crippen molar-refractivity contribution in [2.75, 3.05) is 13.1 Å². The minimum absolute atomic E-state index is 0.0165. The molecule has 0 radical (unpaired) electrons. The Morgan fingerprint density at radius 1 is 1.56 bits per heavy atom. The fourth-order valence-electron chi connectivity index (χ4n) is 2.11. The summed E-state index contributed by atoms with van der Waals surface area (Å²) < 4.78 is 0. The molecule has 1 aliphatic rings. The molecule has 4 nitrogen and oxygen atoms in total. The van der Waals surface area contributed by atoms with E-state index in [-0.39, 0.29) is 22.7 Å². The molecule has 1 heterocycles. The van der Waals surface area contributed by atoms with E-state index < -0.39 is 0 Å². The molecule has 1 aliphatic heterocycles. The van der Waals surface area contributed by atoms with Crippen LogP contribution >= 0.6 is 11.6 Å². The van der Waals surface area contributed by atoms with Crippen LogP contribution in [-0.2, 0) is 0 Å². The summed E-state index contributed by atoms with van der Waals surface area (Å²) >= 11 is 5.80. The second-order valence-electron chi connectivity index (χ2n) is 4.85. The molecule has 1 aromatic carbocycles. The van der Waals surface area contributed by atoms with E-state index in [4.69, 9.17) is 17.3 Å². The van der Waals surface area contributed by atoms with Gasteiger partial charge in [0.2, 0.25) is 0 Å². The standard InChI is InChI=1S/C13H17ClN2O2/c1-8-4-5-16(7-11(8)15)13(18)9-2-3-12(17)10(14)6-9/h2-3,6,8,11,17H,4-5,7,15H2,1H3. The van der Waals surface area contributed by atoms with Gasteiger partial charge in [0.15, 0.2) is 0 Å². The molecule has 0 bridgehead atoms. The normalized spacial score (nSPS) is 24.1. The highest BCUT2D eigenvalue weighted by Crippen LogP contribution is 2.25. The van der Waals surface area contributed by atoms with Crippen molar-refractivity contribution >= 4 is 17.5 Å². The first kappa shape index (κ1) is 13.2. The number of nitrogens with zero attached hydrogens (tertiary/aromatic N) is 1. The number of phenolic OH excluding ortho intramolecular Hbond substituents is 1. The molecule has 0 aromatic heterocycles. The van der Waals surface area contributed by atoms with Crippen LogP contribution < -0.4 is 5.73 Å². The van der Waals surface area contributed by atoms with Crippen molar-refractivity contribution in [3.05, 3.63) is 28.8 Å². The van der Waals surface area contributed by atoms with Crippen molar-refractivity contribution < 1.29 is 9.90 Å². The number of phenols is 1. The summed E-state index contributed by atoms with van der Waals surface area (Å²) in [6.07, 6.45) is 0.915. The summed E-state index contributed by atoms with van der Waals surface area (Å²) in [6, 6.07) is 4.52. The summed E-state index contributed by atoms with van der Waals surface area (Å²) in [5, 5.41) is 9.53. The van der Waals surface area contributed by atoms with Crippen LogP contribution in [0, 0.1) is 5.92 Å². The third-order valence-corrected chi connectivity index (χ3v) is 3.80. The molecule has 2 unspecified atom stereocenters. The summed E-state index contributed by atoms with van der Waals surface area (Å²) in [5.74, 6) is 0.342. The molecule has 2 atom stereocenters. The fraction of sp³-hybridized carbons (Fsp3) is 0.462. The van der Waals surface area contributed by atoms with E-state index >= 15 is 0 Å². The van der Waals surface area contributed by atoms with Crippen molar-refractivity contribution in [1.29, 1.82) is 0 Å².